The van der Waals surface area contributed by atoms with Crippen molar-refractivity contribution in [1.82, 2.24) is 0 Å². The summed E-state index contributed by atoms with van der Waals surface area (Å²) in [6, 6.07) is 20.0. The minimum Gasteiger partial charge on any atom is -0.355 e. The van der Waals surface area contributed by atoms with Crippen LogP contribution in [0.15, 0.2) is 66.7 Å². The third-order valence-electron chi connectivity index (χ3n) is 2.73. The topological polar surface area (TPSA) is 29.1 Å². The van der Waals surface area contributed by atoms with E-state index in [0.29, 0.717) is 6.42 Å². The summed E-state index contributed by atoms with van der Waals surface area (Å²) in [5.74, 6) is 0.156. The molecule has 0 spiro atoms. The molecule has 0 aliphatic carbocycles. The molecule has 2 aromatic carbocycles. The summed E-state index contributed by atoms with van der Waals surface area (Å²) >= 11 is 0. The quantitative estimate of drug-likeness (QED) is 0.866. The van der Waals surface area contributed by atoms with Crippen LogP contribution in [0.1, 0.15) is 18.9 Å². The van der Waals surface area contributed by atoms with E-state index in [1.165, 1.54) is 0 Å². The van der Waals surface area contributed by atoms with Gasteiger partial charge in [-0.2, -0.15) is 0 Å². The van der Waals surface area contributed by atoms with Crippen LogP contribution < -0.4 is 5.32 Å². The molecule has 2 nitrogen and oxygen atoms in total. The largest absolute Gasteiger partial charge is 0.355 e. The van der Waals surface area contributed by atoms with E-state index >= 15 is 0 Å². The van der Waals surface area contributed by atoms with E-state index in [1.807, 2.05) is 66.7 Å². The van der Waals surface area contributed by atoms with Crippen molar-refractivity contribution >= 4 is 17.2 Å². The molecule has 1 N–H and O–H groups in total. The highest BCUT2D eigenvalue weighted by Gasteiger charge is 2.02. The molecule has 0 fully saturated rings. The highest BCUT2D eigenvalue weighted by molar-refractivity contribution is 5.83. The van der Waals surface area contributed by atoms with Gasteiger partial charge in [-0.05, 0) is 24.6 Å². The number of allylic oxidation sites excluding steroid dienone is 1. The molecule has 0 aromatic heterocycles. The first-order chi connectivity index (χ1) is 9.25. The van der Waals surface area contributed by atoms with E-state index in [1.54, 1.807) is 6.92 Å². The summed E-state index contributed by atoms with van der Waals surface area (Å²) < 4.78 is 0. The molecule has 19 heavy (non-hydrogen) atoms. The van der Waals surface area contributed by atoms with Crippen LogP contribution in [0, 0.1) is 0 Å². The monoisotopic (exact) mass is 251 g/mol. The molecule has 0 bridgehead atoms. The molecule has 0 saturated heterocycles. The third kappa shape index (κ3) is 4.11. The molecular weight excluding hydrogens is 234 g/mol. The maximum Gasteiger partial charge on any atom is 0.133 e. The Labute approximate surface area is 113 Å². The molecule has 0 radical (unpaired) electrons. The maximum atomic E-state index is 11.2. The van der Waals surface area contributed by atoms with Gasteiger partial charge < -0.3 is 5.32 Å². The van der Waals surface area contributed by atoms with Crippen molar-refractivity contribution in [2.75, 3.05) is 5.32 Å². The van der Waals surface area contributed by atoms with Gasteiger partial charge in [0, 0.05) is 17.8 Å². The number of Topliss-reactive ketones (excluding diaryl/α,β-unsaturated/α-hetero) is 1. The Morgan fingerprint density at radius 1 is 1.00 bits per heavy atom. The summed E-state index contributed by atoms with van der Waals surface area (Å²) in [7, 11) is 0. The average Bonchev–Trinajstić information content (AvgIpc) is 2.45. The first kappa shape index (κ1) is 13.1. The van der Waals surface area contributed by atoms with Crippen molar-refractivity contribution in [3.05, 3.63) is 72.3 Å². The van der Waals surface area contributed by atoms with Gasteiger partial charge in [-0.1, -0.05) is 54.6 Å². The lowest BCUT2D eigenvalue weighted by Crippen LogP contribution is -2.00. The van der Waals surface area contributed by atoms with E-state index in [-0.39, 0.29) is 5.78 Å². The molecule has 0 unspecified atom stereocenters. The predicted octanol–water partition coefficient (Wildman–Crippen LogP) is 4.12. The van der Waals surface area contributed by atoms with Gasteiger partial charge in [0.05, 0.1) is 0 Å². The average molecular weight is 251 g/mol. The summed E-state index contributed by atoms with van der Waals surface area (Å²) in [5.41, 5.74) is 3.05. The number of para-hydroxylation sites is 1. The third-order valence-corrected chi connectivity index (χ3v) is 2.73. The Morgan fingerprint density at radius 2 is 1.58 bits per heavy atom. The zero-order valence-corrected chi connectivity index (χ0v) is 11.0. The smallest absolute Gasteiger partial charge is 0.133 e. The molecule has 2 rings (SSSR count). The van der Waals surface area contributed by atoms with Crippen molar-refractivity contribution in [2.24, 2.45) is 0 Å². The Bertz CT molecular complexity index is 558. The van der Waals surface area contributed by atoms with Crippen LogP contribution in [-0.2, 0) is 4.79 Å². The Kier molecular flexibility index (Phi) is 4.51. The second kappa shape index (κ2) is 6.55. The van der Waals surface area contributed by atoms with Crippen molar-refractivity contribution in [3.8, 4) is 0 Å². The fourth-order valence-electron chi connectivity index (χ4n) is 1.78. The lowest BCUT2D eigenvalue weighted by atomic mass is 10.1. The first-order valence-electron chi connectivity index (χ1n) is 6.33. The van der Waals surface area contributed by atoms with Gasteiger partial charge >= 0.3 is 0 Å². The Morgan fingerprint density at radius 3 is 2.16 bits per heavy atom. The van der Waals surface area contributed by atoms with E-state index in [2.05, 4.69) is 5.32 Å². The second-order valence-electron chi connectivity index (χ2n) is 4.38. The highest BCUT2D eigenvalue weighted by Crippen LogP contribution is 2.18. The normalized spacial score (nSPS) is 11.1. The summed E-state index contributed by atoms with van der Waals surface area (Å²) in [5, 5.41) is 3.36. The van der Waals surface area contributed by atoms with Crippen molar-refractivity contribution in [1.29, 1.82) is 0 Å². The minimum atomic E-state index is 0.156. The number of carbonyl (C=O) groups is 1. The zero-order chi connectivity index (χ0) is 13.5. The van der Waals surface area contributed by atoms with Gasteiger partial charge in [0.15, 0.2) is 0 Å². The van der Waals surface area contributed by atoms with Gasteiger partial charge in [-0.15, -0.1) is 0 Å². The molecule has 0 atom stereocenters. The number of benzene rings is 2. The van der Waals surface area contributed by atoms with Crippen LogP contribution in [-0.4, -0.2) is 5.78 Å². The molecule has 0 heterocycles. The Balaban J connectivity index is 2.25. The minimum absolute atomic E-state index is 0.156. The number of nitrogens with one attached hydrogen (secondary N) is 1. The SMILES string of the molecule is CC(=O)C/C=C(\Nc1ccccc1)c1ccccc1. The van der Waals surface area contributed by atoms with Crippen LogP contribution in [0.5, 0.6) is 0 Å². The van der Waals surface area contributed by atoms with E-state index in [4.69, 9.17) is 0 Å². The van der Waals surface area contributed by atoms with Gasteiger partial charge in [-0.25, -0.2) is 0 Å². The number of anilines is 1. The number of ketones is 1. The summed E-state index contributed by atoms with van der Waals surface area (Å²) in [6.07, 6.45) is 2.37. The van der Waals surface area contributed by atoms with Gasteiger partial charge in [0.25, 0.3) is 0 Å². The van der Waals surface area contributed by atoms with E-state index in [0.717, 1.165) is 16.9 Å². The zero-order valence-electron chi connectivity index (χ0n) is 11.0. The molecule has 0 aliphatic rings. The number of rotatable bonds is 5. The standard InChI is InChI=1S/C17H17NO/c1-14(19)12-13-17(15-8-4-2-5-9-15)18-16-10-6-3-7-11-16/h2-11,13,18H,12H2,1H3/b17-13-. The molecule has 0 saturated carbocycles. The number of hydrogen-bond donors (Lipinski definition) is 1. The fraction of sp³-hybridized carbons (Fsp3) is 0.118. The lowest BCUT2D eigenvalue weighted by molar-refractivity contribution is -0.116. The first-order valence-corrected chi connectivity index (χ1v) is 6.33. The lowest BCUT2D eigenvalue weighted by Gasteiger charge is -2.11. The van der Waals surface area contributed by atoms with Crippen molar-refractivity contribution in [3.63, 3.8) is 0 Å². The summed E-state index contributed by atoms with van der Waals surface area (Å²) in [4.78, 5) is 11.2. The molecule has 2 heteroatoms. The van der Waals surface area contributed by atoms with Crippen LogP contribution in [0.2, 0.25) is 0 Å². The van der Waals surface area contributed by atoms with Crippen LogP contribution in [0.3, 0.4) is 0 Å². The van der Waals surface area contributed by atoms with Crippen molar-refractivity contribution in [2.45, 2.75) is 13.3 Å². The van der Waals surface area contributed by atoms with Crippen molar-refractivity contribution < 1.29 is 4.79 Å². The second-order valence-corrected chi connectivity index (χ2v) is 4.38. The van der Waals surface area contributed by atoms with Gasteiger partial charge in [0.1, 0.15) is 5.78 Å². The molecule has 2 aromatic rings. The number of carbonyl (C=O) groups excluding carboxylic acids is 1. The fourth-order valence-corrected chi connectivity index (χ4v) is 1.78. The van der Waals surface area contributed by atoms with Crippen LogP contribution in [0.25, 0.3) is 5.70 Å². The summed E-state index contributed by atoms with van der Waals surface area (Å²) in [6.45, 7) is 1.60. The predicted molar refractivity (Wildman–Crippen MR) is 79.8 cm³/mol. The van der Waals surface area contributed by atoms with E-state index in [9.17, 15) is 4.79 Å². The molecule has 0 amide bonds. The number of hydrogen-bond acceptors (Lipinski definition) is 2. The maximum absolute atomic E-state index is 11.2. The highest BCUT2D eigenvalue weighted by atomic mass is 16.1. The van der Waals surface area contributed by atoms with Gasteiger partial charge in [0.2, 0.25) is 0 Å². The van der Waals surface area contributed by atoms with Crippen LogP contribution in [0.4, 0.5) is 5.69 Å². The Hall–Kier alpha value is -2.35. The van der Waals surface area contributed by atoms with Gasteiger partial charge in [-0.3, -0.25) is 4.79 Å². The molecule has 0 aliphatic heterocycles. The van der Waals surface area contributed by atoms with Crippen LogP contribution >= 0.6 is 0 Å². The molecule has 96 valence electrons. The van der Waals surface area contributed by atoms with E-state index < -0.39 is 0 Å². The molecular formula is C17H17NO.